The average molecular weight is 430 g/mol. The summed E-state index contributed by atoms with van der Waals surface area (Å²) in [6.07, 6.45) is 11.0. The van der Waals surface area contributed by atoms with Crippen LogP contribution in [0.5, 0.6) is 0 Å². The molecule has 1 saturated heterocycles. The summed E-state index contributed by atoms with van der Waals surface area (Å²) >= 11 is 0. The van der Waals surface area contributed by atoms with Gasteiger partial charge in [-0.1, -0.05) is 49.6 Å². The van der Waals surface area contributed by atoms with Crippen molar-refractivity contribution >= 4 is 11.6 Å². The van der Waals surface area contributed by atoms with Gasteiger partial charge in [-0.3, -0.25) is 4.90 Å². The molecule has 5 nitrogen and oxygen atoms in total. The maximum atomic E-state index is 10.2. The predicted octanol–water partition coefficient (Wildman–Crippen LogP) is 5.25. The number of hydrogen-bond donors (Lipinski definition) is 1. The Morgan fingerprint density at radius 1 is 0.938 bits per heavy atom. The highest BCUT2D eigenvalue weighted by Gasteiger charge is 2.29. The summed E-state index contributed by atoms with van der Waals surface area (Å²) in [5.74, 6) is 1.98. The number of nitrogens with zero attached hydrogens (tertiary/aromatic N) is 4. The van der Waals surface area contributed by atoms with Crippen molar-refractivity contribution in [2.45, 2.75) is 76.9 Å². The zero-order valence-corrected chi connectivity index (χ0v) is 19.2. The van der Waals surface area contributed by atoms with Crippen LogP contribution in [0.25, 0.3) is 0 Å². The minimum atomic E-state index is 0.444. The molecule has 2 fully saturated rings. The molecule has 0 amide bonds. The highest BCUT2D eigenvalue weighted by molar-refractivity contribution is 5.67. The van der Waals surface area contributed by atoms with Crippen molar-refractivity contribution in [2.24, 2.45) is 0 Å². The fraction of sp³-hybridized carbons (Fsp3) is 0.556. The number of benzene rings is 1. The van der Waals surface area contributed by atoms with Crippen LogP contribution in [0.2, 0.25) is 0 Å². The Kier molecular flexibility index (Phi) is 6.59. The van der Waals surface area contributed by atoms with Gasteiger partial charge in [0, 0.05) is 44.3 Å². The van der Waals surface area contributed by atoms with Crippen LogP contribution in [0.4, 0.5) is 11.6 Å². The van der Waals surface area contributed by atoms with Crippen LogP contribution in [-0.4, -0.2) is 35.6 Å². The van der Waals surface area contributed by atoms with E-state index in [1.54, 1.807) is 0 Å². The largest absolute Gasteiger partial charge is 0.366 e. The van der Waals surface area contributed by atoms with Crippen LogP contribution >= 0.6 is 0 Å². The quantitative estimate of drug-likeness (QED) is 0.704. The van der Waals surface area contributed by atoms with E-state index in [-0.39, 0.29) is 0 Å². The van der Waals surface area contributed by atoms with E-state index in [4.69, 9.17) is 4.98 Å². The van der Waals surface area contributed by atoms with Crippen molar-refractivity contribution in [2.75, 3.05) is 29.9 Å². The number of nitrogens with one attached hydrogen (secondary N) is 1. The van der Waals surface area contributed by atoms with Gasteiger partial charge in [0.25, 0.3) is 0 Å². The number of fused-ring (bicyclic) bond motifs is 1. The topological polar surface area (TPSA) is 55.2 Å². The van der Waals surface area contributed by atoms with Crippen LogP contribution in [0.15, 0.2) is 30.3 Å². The second-order valence-corrected chi connectivity index (χ2v) is 9.70. The van der Waals surface area contributed by atoms with Gasteiger partial charge in [0.1, 0.15) is 17.7 Å². The molecule has 2 aliphatic heterocycles. The van der Waals surface area contributed by atoms with E-state index in [9.17, 15) is 5.26 Å². The Labute approximate surface area is 192 Å². The van der Waals surface area contributed by atoms with E-state index in [1.807, 2.05) is 0 Å². The molecule has 32 heavy (non-hydrogen) atoms. The highest BCUT2D eigenvalue weighted by Crippen LogP contribution is 2.36. The van der Waals surface area contributed by atoms with Crippen LogP contribution < -0.4 is 10.2 Å². The van der Waals surface area contributed by atoms with Gasteiger partial charge in [-0.05, 0) is 49.7 Å². The van der Waals surface area contributed by atoms with Crippen LogP contribution in [0.1, 0.15) is 73.6 Å². The van der Waals surface area contributed by atoms with Crippen molar-refractivity contribution in [3.8, 4) is 6.07 Å². The number of anilines is 2. The molecule has 0 unspecified atom stereocenters. The monoisotopic (exact) mass is 429 g/mol. The number of aromatic nitrogens is 1. The lowest BCUT2D eigenvalue weighted by molar-refractivity contribution is 0.245. The summed E-state index contributed by atoms with van der Waals surface area (Å²) < 4.78 is 0. The molecule has 1 saturated carbocycles. The molecule has 1 aliphatic carbocycles. The molecule has 0 atom stereocenters. The third-order valence-electron chi connectivity index (χ3n) is 7.41. The first-order valence-corrected chi connectivity index (χ1v) is 12.6. The van der Waals surface area contributed by atoms with Gasteiger partial charge in [0.05, 0.1) is 5.56 Å². The third-order valence-corrected chi connectivity index (χ3v) is 7.41. The fourth-order valence-corrected chi connectivity index (χ4v) is 5.68. The molecule has 5 heteroatoms. The van der Waals surface area contributed by atoms with Crippen LogP contribution in [0, 0.1) is 11.3 Å². The van der Waals surface area contributed by atoms with Crippen LogP contribution in [0.3, 0.4) is 0 Å². The summed E-state index contributed by atoms with van der Waals surface area (Å²) in [5.41, 5.74) is 4.65. The summed E-state index contributed by atoms with van der Waals surface area (Å²) in [4.78, 5) is 10.1. The standard InChI is InChI=1S/C27H35N5/c28-18-24-25-20-31(19-21-10-4-1-5-11-21)17-14-23(25)27(32-15-8-3-9-16-32)30-26(24)29-22-12-6-2-7-13-22/h1,4-5,10-11,22H,2-3,6-9,12-17,19-20H2,(H,29,30). The lowest BCUT2D eigenvalue weighted by atomic mass is 9.93. The fourth-order valence-electron chi connectivity index (χ4n) is 5.68. The number of hydrogen-bond acceptors (Lipinski definition) is 5. The normalized spacial score (nSPS) is 19.9. The van der Waals surface area contributed by atoms with Gasteiger partial charge in [-0.2, -0.15) is 5.26 Å². The molecular weight excluding hydrogens is 394 g/mol. The van der Waals surface area contributed by atoms with Crippen molar-refractivity contribution in [1.29, 1.82) is 5.26 Å². The summed E-state index contributed by atoms with van der Waals surface area (Å²) in [6, 6.07) is 13.7. The number of piperidine rings is 1. The summed E-state index contributed by atoms with van der Waals surface area (Å²) in [6.45, 7) is 4.95. The lowest BCUT2D eigenvalue weighted by Crippen LogP contribution is -2.36. The van der Waals surface area contributed by atoms with Crippen molar-refractivity contribution in [1.82, 2.24) is 9.88 Å². The Hall–Kier alpha value is -2.58. The van der Waals surface area contributed by atoms with E-state index in [0.29, 0.717) is 6.04 Å². The molecule has 3 aliphatic rings. The molecule has 1 N–H and O–H groups in total. The van der Waals surface area contributed by atoms with Gasteiger partial charge in [-0.25, -0.2) is 4.98 Å². The minimum Gasteiger partial charge on any atom is -0.366 e. The first-order valence-electron chi connectivity index (χ1n) is 12.6. The molecule has 2 aromatic rings. The molecule has 0 bridgehead atoms. The Bertz CT molecular complexity index is 952. The van der Waals surface area contributed by atoms with E-state index in [0.717, 1.165) is 56.3 Å². The van der Waals surface area contributed by atoms with Crippen molar-refractivity contribution in [3.63, 3.8) is 0 Å². The highest BCUT2D eigenvalue weighted by atomic mass is 15.2. The Morgan fingerprint density at radius 3 is 2.44 bits per heavy atom. The van der Waals surface area contributed by atoms with Gasteiger partial charge < -0.3 is 10.2 Å². The SMILES string of the molecule is N#Cc1c(NC2CCCCC2)nc(N2CCCCC2)c2c1CN(Cc1ccccc1)CC2. The van der Waals surface area contributed by atoms with Gasteiger partial charge >= 0.3 is 0 Å². The molecule has 0 spiro atoms. The Balaban J connectivity index is 1.49. The molecule has 168 valence electrons. The summed E-state index contributed by atoms with van der Waals surface area (Å²) in [7, 11) is 0. The molecule has 1 aromatic heterocycles. The lowest BCUT2D eigenvalue weighted by Gasteiger charge is -2.36. The van der Waals surface area contributed by atoms with Gasteiger partial charge in [0.15, 0.2) is 0 Å². The number of rotatable bonds is 5. The van der Waals surface area contributed by atoms with Crippen molar-refractivity contribution in [3.05, 3.63) is 52.6 Å². The first-order chi connectivity index (χ1) is 15.8. The number of nitriles is 1. The molecule has 0 radical (unpaired) electrons. The molecule has 1 aromatic carbocycles. The molecule has 5 rings (SSSR count). The van der Waals surface area contributed by atoms with E-state index >= 15 is 0 Å². The zero-order valence-electron chi connectivity index (χ0n) is 19.2. The van der Waals surface area contributed by atoms with E-state index < -0.39 is 0 Å². The molecular formula is C27H35N5. The summed E-state index contributed by atoms with van der Waals surface area (Å²) in [5, 5.41) is 13.9. The zero-order chi connectivity index (χ0) is 21.8. The average Bonchev–Trinajstić information content (AvgIpc) is 2.85. The third kappa shape index (κ3) is 4.61. The maximum Gasteiger partial charge on any atom is 0.146 e. The van der Waals surface area contributed by atoms with E-state index in [2.05, 4.69) is 51.5 Å². The molecule has 3 heterocycles. The second-order valence-electron chi connectivity index (χ2n) is 9.70. The second kappa shape index (κ2) is 9.92. The van der Waals surface area contributed by atoms with E-state index in [1.165, 1.54) is 68.1 Å². The maximum absolute atomic E-state index is 10.2. The smallest absolute Gasteiger partial charge is 0.146 e. The first kappa shape index (κ1) is 21.3. The van der Waals surface area contributed by atoms with Gasteiger partial charge in [0.2, 0.25) is 0 Å². The minimum absolute atomic E-state index is 0.444. The van der Waals surface area contributed by atoms with Crippen molar-refractivity contribution < 1.29 is 0 Å². The number of pyridine rings is 1. The Morgan fingerprint density at radius 2 is 1.69 bits per heavy atom. The van der Waals surface area contributed by atoms with Crippen LogP contribution in [-0.2, 0) is 19.5 Å². The van der Waals surface area contributed by atoms with Gasteiger partial charge in [-0.15, -0.1) is 0 Å². The predicted molar refractivity (Wildman–Crippen MR) is 130 cm³/mol.